The summed E-state index contributed by atoms with van der Waals surface area (Å²) in [5.74, 6) is -1.83. The van der Waals surface area contributed by atoms with Gasteiger partial charge in [-0.2, -0.15) is 0 Å². The molecule has 0 atom stereocenters. The predicted molar refractivity (Wildman–Crippen MR) is 48.7 cm³/mol. The predicted octanol–water partition coefficient (Wildman–Crippen LogP) is 2.77. The number of ether oxygens (including phenoxy) is 2. The maximum atomic E-state index is 13.3. The third-order valence-corrected chi connectivity index (χ3v) is 2.35. The van der Waals surface area contributed by atoms with Crippen molar-refractivity contribution in [2.75, 3.05) is 13.2 Å². The van der Waals surface area contributed by atoms with E-state index < -0.39 is 17.9 Å². The van der Waals surface area contributed by atoms with Gasteiger partial charge < -0.3 is 9.47 Å². The second kappa shape index (κ2) is 3.92. The van der Waals surface area contributed by atoms with Crippen LogP contribution in [0, 0.1) is 11.6 Å². The van der Waals surface area contributed by atoms with E-state index in [0.717, 1.165) is 6.07 Å². The Bertz CT molecular complexity index is 351. The van der Waals surface area contributed by atoms with E-state index in [-0.39, 0.29) is 5.56 Å². The number of hydrogen-bond acceptors (Lipinski definition) is 2. The zero-order valence-electron chi connectivity index (χ0n) is 7.10. The molecule has 0 bridgehead atoms. The average Bonchev–Trinajstić information content (AvgIpc) is 2.63. The first-order valence-corrected chi connectivity index (χ1v) is 4.85. The third kappa shape index (κ3) is 1.80. The molecule has 0 amide bonds. The van der Waals surface area contributed by atoms with Gasteiger partial charge in [0.15, 0.2) is 17.9 Å². The summed E-state index contributed by atoms with van der Waals surface area (Å²) in [6.07, 6.45) is -0.790. The molecule has 0 spiro atoms. The van der Waals surface area contributed by atoms with Gasteiger partial charge in [-0.25, -0.2) is 8.78 Å². The number of rotatable bonds is 1. The normalized spacial score (nSPS) is 17.6. The fourth-order valence-electron chi connectivity index (χ4n) is 1.29. The van der Waals surface area contributed by atoms with Gasteiger partial charge in [-0.3, -0.25) is 0 Å². The van der Waals surface area contributed by atoms with Crippen LogP contribution >= 0.6 is 15.9 Å². The number of hydrogen-bond donors (Lipinski definition) is 0. The van der Waals surface area contributed by atoms with E-state index in [1.165, 1.54) is 6.07 Å². The molecular weight excluding hydrogens is 258 g/mol. The van der Waals surface area contributed by atoms with Gasteiger partial charge in [0, 0.05) is 10.0 Å². The van der Waals surface area contributed by atoms with Crippen LogP contribution in [0.5, 0.6) is 0 Å². The fourth-order valence-corrected chi connectivity index (χ4v) is 1.73. The third-order valence-electron chi connectivity index (χ3n) is 1.90. The van der Waals surface area contributed by atoms with Crippen LogP contribution in [0.2, 0.25) is 0 Å². The van der Waals surface area contributed by atoms with Crippen molar-refractivity contribution in [3.05, 3.63) is 33.8 Å². The molecule has 2 rings (SSSR count). The van der Waals surface area contributed by atoms with Crippen LogP contribution in [0.1, 0.15) is 11.9 Å². The Labute approximate surface area is 87.9 Å². The van der Waals surface area contributed by atoms with Crippen molar-refractivity contribution in [3.8, 4) is 0 Å². The molecule has 5 heteroatoms. The summed E-state index contributed by atoms with van der Waals surface area (Å²) in [6, 6.07) is 2.52. The van der Waals surface area contributed by atoms with Crippen molar-refractivity contribution in [3.63, 3.8) is 0 Å². The van der Waals surface area contributed by atoms with Crippen molar-refractivity contribution < 1.29 is 18.3 Å². The van der Waals surface area contributed by atoms with E-state index in [0.29, 0.717) is 17.7 Å². The van der Waals surface area contributed by atoms with Gasteiger partial charge >= 0.3 is 0 Å². The summed E-state index contributed by atoms with van der Waals surface area (Å²) >= 11 is 3.08. The van der Waals surface area contributed by atoms with Gasteiger partial charge in [-0.1, -0.05) is 15.9 Å². The minimum atomic E-state index is -0.917. The molecule has 1 aliphatic heterocycles. The average molecular weight is 265 g/mol. The second-order valence-electron chi connectivity index (χ2n) is 2.86. The highest BCUT2D eigenvalue weighted by Crippen LogP contribution is 2.29. The molecule has 1 heterocycles. The molecule has 2 nitrogen and oxygen atoms in total. The smallest absolute Gasteiger partial charge is 0.186 e. The lowest BCUT2D eigenvalue weighted by molar-refractivity contribution is -0.0469. The second-order valence-corrected chi connectivity index (χ2v) is 3.78. The van der Waals surface area contributed by atoms with E-state index in [1.54, 1.807) is 0 Å². The maximum Gasteiger partial charge on any atom is 0.186 e. The van der Waals surface area contributed by atoms with Gasteiger partial charge in [-0.05, 0) is 12.1 Å². The van der Waals surface area contributed by atoms with Crippen molar-refractivity contribution in [1.82, 2.24) is 0 Å². The summed E-state index contributed by atoms with van der Waals surface area (Å²) in [4.78, 5) is 0. The van der Waals surface area contributed by atoms with Crippen LogP contribution in [0.25, 0.3) is 0 Å². The van der Waals surface area contributed by atoms with Gasteiger partial charge in [0.2, 0.25) is 0 Å². The van der Waals surface area contributed by atoms with Crippen molar-refractivity contribution >= 4 is 15.9 Å². The van der Waals surface area contributed by atoms with Gasteiger partial charge in [-0.15, -0.1) is 0 Å². The first kappa shape index (κ1) is 10.0. The van der Waals surface area contributed by atoms with E-state index >= 15 is 0 Å². The van der Waals surface area contributed by atoms with Gasteiger partial charge in [0.1, 0.15) is 0 Å². The number of benzene rings is 1. The Morgan fingerprint density at radius 1 is 1.21 bits per heavy atom. The lowest BCUT2D eigenvalue weighted by Crippen LogP contribution is -2.03. The van der Waals surface area contributed by atoms with Crippen molar-refractivity contribution in [2.45, 2.75) is 6.29 Å². The van der Waals surface area contributed by atoms with E-state index in [4.69, 9.17) is 9.47 Å². The molecule has 1 aromatic carbocycles. The summed E-state index contributed by atoms with van der Waals surface area (Å²) in [5.41, 5.74) is 0.0920. The Kier molecular flexibility index (Phi) is 2.80. The zero-order valence-corrected chi connectivity index (χ0v) is 8.68. The molecule has 14 heavy (non-hydrogen) atoms. The lowest BCUT2D eigenvalue weighted by Gasteiger charge is -2.11. The molecule has 0 radical (unpaired) electrons. The molecule has 1 aromatic rings. The summed E-state index contributed by atoms with van der Waals surface area (Å²) in [7, 11) is 0. The molecule has 0 unspecified atom stereocenters. The molecule has 1 fully saturated rings. The molecule has 76 valence electrons. The topological polar surface area (TPSA) is 18.5 Å². The lowest BCUT2D eigenvalue weighted by atomic mass is 10.2. The van der Waals surface area contributed by atoms with E-state index in [1.807, 2.05) is 0 Å². The van der Waals surface area contributed by atoms with Gasteiger partial charge in [0.05, 0.1) is 13.2 Å². The van der Waals surface area contributed by atoms with Crippen LogP contribution in [0.4, 0.5) is 8.78 Å². The standard InChI is InChI=1S/C9H7BrF2O2/c10-5-3-6(8(12)7(11)4-5)9-13-1-2-14-9/h3-4,9H,1-2H2. The van der Waals surface area contributed by atoms with Gasteiger partial charge in [0.25, 0.3) is 0 Å². The van der Waals surface area contributed by atoms with Crippen LogP contribution in [-0.2, 0) is 9.47 Å². The zero-order chi connectivity index (χ0) is 10.1. The molecule has 1 aliphatic rings. The maximum absolute atomic E-state index is 13.3. The Morgan fingerprint density at radius 3 is 2.50 bits per heavy atom. The van der Waals surface area contributed by atoms with Crippen LogP contribution < -0.4 is 0 Å². The minimum absolute atomic E-state index is 0.0920. The number of halogens is 3. The first-order valence-electron chi connectivity index (χ1n) is 4.06. The fraction of sp³-hybridized carbons (Fsp3) is 0.333. The highest BCUT2D eigenvalue weighted by Gasteiger charge is 2.24. The van der Waals surface area contributed by atoms with Crippen molar-refractivity contribution in [2.24, 2.45) is 0 Å². The summed E-state index contributed by atoms with van der Waals surface area (Å²) in [5, 5.41) is 0. The van der Waals surface area contributed by atoms with Crippen molar-refractivity contribution in [1.29, 1.82) is 0 Å². The quantitative estimate of drug-likeness (QED) is 0.727. The van der Waals surface area contributed by atoms with Crippen LogP contribution in [0.15, 0.2) is 16.6 Å². The highest BCUT2D eigenvalue weighted by atomic mass is 79.9. The SMILES string of the molecule is Fc1cc(Br)cc(C2OCCO2)c1F. The Hall–Kier alpha value is -0.520. The largest absolute Gasteiger partial charge is 0.346 e. The van der Waals surface area contributed by atoms with E-state index in [2.05, 4.69) is 15.9 Å². The monoisotopic (exact) mass is 264 g/mol. The molecule has 0 saturated carbocycles. The van der Waals surface area contributed by atoms with E-state index in [9.17, 15) is 8.78 Å². The first-order chi connectivity index (χ1) is 6.68. The Morgan fingerprint density at radius 2 is 1.86 bits per heavy atom. The summed E-state index contributed by atoms with van der Waals surface area (Å²) in [6.45, 7) is 0.802. The Balaban J connectivity index is 2.40. The molecule has 1 saturated heterocycles. The molecule has 0 aliphatic carbocycles. The minimum Gasteiger partial charge on any atom is -0.346 e. The van der Waals surface area contributed by atoms with Crippen LogP contribution in [-0.4, -0.2) is 13.2 Å². The van der Waals surface area contributed by atoms with Crippen LogP contribution in [0.3, 0.4) is 0 Å². The molecule has 0 aromatic heterocycles. The molecule has 0 N–H and O–H groups in total. The molecular formula is C9H7BrF2O2. The highest BCUT2D eigenvalue weighted by molar-refractivity contribution is 9.10. The summed E-state index contributed by atoms with van der Waals surface area (Å²) < 4.78 is 36.9.